The number of carbonyl (C=O) groups is 1. The highest BCUT2D eigenvalue weighted by atomic mass is 32.2. The maximum Gasteiger partial charge on any atom is 0.228 e. The molecule has 3 rings (SSSR count). The number of ketones is 1. The molecule has 2 aromatic heterocycles. The Morgan fingerprint density at radius 2 is 2.23 bits per heavy atom. The molecular weight excluding hydrogens is 372 g/mol. The monoisotopic (exact) mass is 392 g/mol. The quantitative estimate of drug-likeness (QED) is 0.659. The highest BCUT2D eigenvalue weighted by molar-refractivity contribution is 7.99. The number of thiazole rings is 1. The summed E-state index contributed by atoms with van der Waals surface area (Å²) in [5.41, 5.74) is 0.826. The molecule has 0 saturated carbocycles. The molecule has 0 aliphatic carbocycles. The van der Waals surface area contributed by atoms with Crippen molar-refractivity contribution in [1.29, 1.82) is 5.26 Å². The summed E-state index contributed by atoms with van der Waals surface area (Å²) in [6.45, 7) is 7.50. The molecule has 10 heteroatoms. The Labute approximate surface area is 160 Å². The number of nitriles is 1. The summed E-state index contributed by atoms with van der Waals surface area (Å²) in [6, 6.07) is 2.07. The summed E-state index contributed by atoms with van der Waals surface area (Å²) in [5.74, 6) is -0.0144. The van der Waals surface area contributed by atoms with Gasteiger partial charge in [0.05, 0.1) is 25.0 Å². The van der Waals surface area contributed by atoms with Gasteiger partial charge in [0, 0.05) is 30.7 Å². The molecule has 1 atom stereocenters. The second-order valence-electron chi connectivity index (χ2n) is 5.77. The van der Waals surface area contributed by atoms with Crippen LogP contribution in [0.5, 0.6) is 0 Å². The smallest absolute Gasteiger partial charge is 0.228 e. The highest BCUT2D eigenvalue weighted by Gasteiger charge is 2.25. The number of Topliss-reactive ketones (excluding diaryl/α,β-unsaturated/α-hetero) is 1. The molecule has 3 heterocycles. The van der Waals surface area contributed by atoms with Crippen molar-refractivity contribution >= 4 is 34.8 Å². The number of hydrogen-bond acceptors (Lipinski definition) is 9. The summed E-state index contributed by atoms with van der Waals surface area (Å²) >= 11 is 2.66. The Morgan fingerprint density at radius 1 is 1.46 bits per heavy atom. The first-order chi connectivity index (χ1) is 12.6. The molecule has 0 unspecified atom stereocenters. The van der Waals surface area contributed by atoms with Gasteiger partial charge in [-0.15, -0.1) is 21.5 Å². The number of anilines is 1. The van der Waals surface area contributed by atoms with Crippen molar-refractivity contribution in [1.82, 2.24) is 19.7 Å². The van der Waals surface area contributed by atoms with Gasteiger partial charge in [-0.1, -0.05) is 11.8 Å². The Hall–Kier alpha value is -1.96. The number of hydrogen-bond donors (Lipinski definition) is 0. The number of aromatic nitrogens is 4. The van der Waals surface area contributed by atoms with Crippen LogP contribution >= 0.6 is 23.1 Å². The van der Waals surface area contributed by atoms with Gasteiger partial charge >= 0.3 is 0 Å². The van der Waals surface area contributed by atoms with Gasteiger partial charge in [0.25, 0.3) is 0 Å². The average Bonchev–Trinajstić information content (AvgIpc) is 3.27. The van der Waals surface area contributed by atoms with Crippen molar-refractivity contribution in [2.24, 2.45) is 0 Å². The van der Waals surface area contributed by atoms with Crippen molar-refractivity contribution in [3.05, 3.63) is 16.1 Å². The van der Waals surface area contributed by atoms with Crippen LogP contribution in [0.1, 0.15) is 23.5 Å². The van der Waals surface area contributed by atoms with Gasteiger partial charge < -0.3 is 9.64 Å². The Kier molecular flexibility index (Phi) is 6.24. The van der Waals surface area contributed by atoms with E-state index >= 15 is 0 Å². The molecule has 138 valence electrons. The molecule has 0 radical (unpaired) electrons. The van der Waals surface area contributed by atoms with Crippen molar-refractivity contribution in [3.8, 4) is 6.07 Å². The van der Waals surface area contributed by atoms with E-state index < -0.39 is 5.92 Å². The Bertz CT molecular complexity index is 806. The number of aryl methyl sites for hydroxylation is 1. The highest BCUT2D eigenvalue weighted by Crippen LogP contribution is 2.26. The van der Waals surface area contributed by atoms with E-state index in [1.807, 2.05) is 23.8 Å². The molecule has 1 saturated heterocycles. The first-order valence-electron chi connectivity index (χ1n) is 8.37. The van der Waals surface area contributed by atoms with E-state index in [-0.39, 0.29) is 11.5 Å². The van der Waals surface area contributed by atoms with E-state index in [4.69, 9.17) is 4.74 Å². The van der Waals surface area contributed by atoms with Crippen LogP contribution in [0.25, 0.3) is 0 Å². The van der Waals surface area contributed by atoms with Crippen molar-refractivity contribution in [3.63, 3.8) is 0 Å². The molecule has 0 amide bonds. The first-order valence-corrected chi connectivity index (χ1v) is 10.2. The number of morpholine rings is 1. The largest absolute Gasteiger partial charge is 0.378 e. The lowest BCUT2D eigenvalue weighted by atomic mass is 10.1. The lowest BCUT2D eigenvalue weighted by Crippen LogP contribution is -2.38. The lowest BCUT2D eigenvalue weighted by Gasteiger charge is -2.27. The third-order valence-electron chi connectivity index (χ3n) is 3.99. The van der Waals surface area contributed by atoms with E-state index in [1.54, 1.807) is 0 Å². The molecular formula is C16H20N6O2S2. The predicted octanol–water partition coefficient (Wildman–Crippen LogP) is 1.87. The summed E-state index contributed by atoms with van der Waals surface area (Å²) < 4.78 is 7.38. The van der Waals surface area contributed by atoms with Gasteiger partial charge in [0.15, 0.2) is 16.9 Å². The van der Waals surface area contributed by atoms with Crippen molar-refractivity contribution < 1.29 is 9.53 Å². The standard InChI is InChI=1S/C16H20N6O2S2/c1-3-22-15(21-4-6-24-7-5-21)19-20-16(22)26-10-13(23)12(8-17)14-18-11(2)9-25-14/h9,12H,3-7,10H2,1-2H3/t12-/m0/s1. The third-order valence-corrected chi connectivity index (χ3v) is 6.00. The second kappa shape index (κ2) is 8.62. The van der Waals surface area contributed by atoms with E-state index in [0.29, 0.717) is 29.9 Å². The fourth-order valence-electron chi connectivity index (χ4n) is 2.65. The molecule has 1 aliphatic heterocycles. The molecule has 0 bridgehead atoms. The molecule has 1 aliphatic rings. The average molecular weight is 393 g/mol. The van der Waals surface area contributed by atoms with E-state index in [0.717, 1.165) is 24.7 Å². The van der Waals surface area contributed by atoms with E-state index in [9.17, 15) is 10.1 Å². The number of ether oxygens (including phenoxy) is 1. The van der Waals surface area contributed by atoms with Crippen LogP contribution in [0, 0.1) is 18.3 Å². The number of carbonyl (C=O) groups excluding carboxylic acids is 1. The second-order valence-corrected chi connectivity index (χ2v) is 7.60. The minimum atomic E-state index is -0.821. The Balaban J connectivity index is 1.68. The van der Waals surface area contributed by atoms with Gasteiger partial charge in [0.1, 0.15) is 5.01 Å². The van der Waals surface area contributed by atoms with E-state index in [1.165, 1.54) is 23.1 Å². The van der Waals surface area contributed by atoms with Crippen LogP contribution in [-0.2, 0) is 16.1 Å². The van der Waals surface area contributed by atoms with Crippen LogP contribution in [-0.4, -0.2) is 57.6 Å². The topological polar surface area (TPSA) is 96.9 Å². The zero-order valence-electron chi connectivity index (χ0n) is 14.7. The van der Waals surface area contributed by atoms with Gasteiger partial charge in [-0.2, -0.15) is 5.26 Å². The van der Waals surface area contributed by atoms with Crippen LogP contribution < -0.4 is 4.90 Å². The molecule has 2 aromatic rings. The molecule has 0 aromatic carbocycles. The first kappa shape index (κ1) is 18.8. The third kappa shape index (κ3) is 4.06. The summed E-state index contributed by atoms with van der Waals surface area (Å²) in [4.78, 5) is 18.9. The molecule has 0 spiro atoms. The van der Waals surface area contributed by atoms with Crippen LogP contribution in [0.15, 0.2) is 10.5 Å². The molecule has 8 nitrogen and oxygen atoms in total. The van der Waals surface area contributed by atoms with Gasteiger partial charge in [0.2, 0.25) is 5.95 Å². The molecule has 1 fully saturated rings. The Morgan fingerprint density at radius 3 is 2.85 bits per heavy atom. The fourth-order valence-corrected chi connectivity index (χ4v) is 4.41. The van der Waals surface area contributed by atoms with Crippen molar-refractivity contribution in [2.75, 3.05) is 37.0 Å². The normalized spacial score (nSPS) is 15.7. The fraction of sp³-hybridized carbons (Fsp3) is 0.562. The van der Waals surface area contributed by atoms with Gasteiger partial charge in [-0.3, -0.25) is 9.36 Å². The summed E-state index contributed by atoms with van der Waals surface area (Å²) in [5, 5.41) is 21.0. The predicted molar refractivity (Wildman–Crippen MR) is 99.7 cm³/mol. The van der Waals surface area contributed by atoms with Crippen molar-refractivity contribution in [2.45, 2.75) is 31.5 Å². The molecule has 0 N–H and O–H groups in total. The van der Waals surface area contributed by atoms with Gasteiger partial charge in [-0.25, -0.2) is 4.98 Å². The minimum absolute atomic E-state index is 0.162. The number of nitrogens with zero attached hydrogens (tertiary/aromatic N) is 6. The number of thioether (sulfide) groups is 1. The van der Waals surface area contributed by atoms with Crippen LogP contribution in [0.2, 0.25) is 0 Å². The summed E-state index contributed by atoms with van der Waals surface area (Å²) in [7, 11) is 0. The van der Waals surface area contributed by atoms with Crippen LogP contribution in [0.4, 0.5) is 5.95 Å². The minimum Gasteiger partial charge on any atom is -0.378 e. The maximum atomic E-state index is 12.5. The molecule has 26 heavy (non-hydrogen) atoms. The summed E-state index contributed by atoms with van der Waals surface area (Å²) in [6.07, 6.45) is 0. The lowest BCUT2D eigenvalue weighted by molar-refractivity contribution is -0.116. The zero-order valence-corrected chi connectivity index (χ0v) is 16.3. The zero-order chi connectivity index (χ0) is 18.5. The van der Waals surface area contributed by atoms with E-state index in [2.05, 4.69) is 26.2 Å². The number of rotatable bonds is 7. The van der Waals surface area contributed by atoms with Gasteiger partial charge in [-0.05, 0) is 13.8 Å². The maximum absolute atomic E-state index is 12.5. The SMILES string of the molecule is CCn1c(SCC(=O)[C@H](C#N)c2nc(C)cs2)nnc1N1CCOCC1. The van der Waals surface area contributed by atoms with Crippen LogP contribution in [0.3, 0.4) is 0 Å².